The fourth-order valence-electron chi connectivity index (χ4n) is 4.19. The van der Waals surface area contributed by atoms with Crippen molar-refractivity contribution in [3.05, 3.63) is 34.9 Å². The van der Waals surface area contributed by atoms with E-state index in [9.17, 15) is 31.1 Å². The van der Waals surface area contributed by atoms with Gasteiger partial charge in [-0.05, 0) is 57.0 Å². The van der Waals surface area contributed by atoms with Crippen LogP contribution in [-0.4, -0.2) is 36.0 Å². The second-order valence-corrected chi connectivity index (χ2v) is 7.43. The molecule has 1 aliphatic heterocycles. The number of nitrogens with one attached hydrogen (secondary N) is 1. The highest BCUT2D eigenvalue weighted by molar-refractivity contribution is 5.96. The quantitative estimate of drug-likeness (QED) is 0.725. The van der Waals surface area contributed by atoms with Crippen LogP contribution < -0.4 is 5.32 Å². The lowest BCUT2D eigenvalue weighted by Gasteiger charge is -2.38. The average Bonchev–Trinajstić information content (AvgIpc) is 3.14. The highest BCUT2D eigenvalue weighted by Gasteiger charge is 2.40. The summed E-state index contributed by atoms with van der Waals surface area (Å²) in [5, 5.41) is 2.67. The molecular formula is C19H22F6N2O. The molecule has 0 radical (unpaired) electrons. The first kappa shape index (κ1) is 21.0. The number of likely N-dealkylation sites (tertiary alicyclic amines) is 1. The van der Waals surface area contributed by atoms with E-state index in [2.05, 4.69) is 10.2 Å². The minimum Gasteiger partial charge on any atom is -0.348 e. The Labute approximate surface area is 159 Å². The number of hydrogen-bond acceptors (Lipinski definition) is 2. The van der Waals surface area contributed by atoms with E-state index in [1.807, 2.05) is 0 Å². The van der Waals surface area contributed by atoms with Crippen LogP contribution in [0.1, 0.15) is 60.0 Å². The lowest BCUT2D eigenvalue weighted by atomic mass is 9.89. The van der Waals surface area contributed by atoms with Crippen molar-refractivity contribution in [2.45, 2.75) is 63.0 Å². The molecule has 28 heavy (non-hydrogen) atoms. The van der Waals surface area contributed by atoms with Crippen LogP contribution in [0, 0.1) is 0 Å². The molecule has 3 nitrogen and oxygen atoms in total. The lowest BCUT2D eigenvalue weighted by molar-refractivity contribution is -0.143. The normalized spacial score (nSPS) is 24.4. The van der Waals surface area contributed by atoms with Crippen molar-refractivity contribution in [1.82, 2.24) is 10.2 Å². The zero-order valence-corrected chi connectivity index (χ0v) is 15.2. The third-order valence-electron chi connectivity index (χ3n) is 5.55. The Bertz CT molecular complexity index is 709. The predicted molar refractivity (Wildman–Crippen MR) is 90.8 cm³/mol. The number of nitrogens with zero attached hydrogens (tertiary/aromatic N) is 1. The van der Waals surface area contributed by atoms with Crippen molar-refractivity contribution in [1.29, 1.82) is 0 Å². The average molecular weight is 408 g/mol. The number of benzene rings is 1. The predicted octanol–water partition coefficient (Wildman–Crippen LogP) is 4.86. The molecule has 1 aliphatic carbocycles. The molecule has 1 aromatic rings. The molecule has 0 spiro atoms. The van der Waals surface area contributed by atoms with Gasteiger partial charge in [-0.3, -0.25) is 9.69 Å². The fourth-order valence-corrected chi connectivity index (χ4v) is 4.19. The van der Waals surface area contributed by atoms with Gasteiger partial charge in [0, 0.05) is 12.1 Å². The van der Waals surface area contributed by atoms with E-state index < -0.39 is 35.0 Å². The summed E-state index contributed by atoms with van der Waals surface area (Å²) in [6.45, 7) is 1.79. The first-order valence-electron chi connectivity index (χ1n) is 9.41. The Morgan fingerprint density at radius 1 is 0.929 bits per heavy atom. The number of alkyl halides is 6. The first-order chi connectivity index (χ1) is 13.1. The van der Waals surface area contributed by atoms with Gasteiger partial charge in [-0.1, -0.05) is 12.8 Å². The van der Waals surface area contributed by atoms with Gasteiger partial charge in [0.25, 0.3) is 5.91 Å². The van der Waals surface area contributed by atoms with Crippen LogP contribution in [0.25, 0.3) is 0 Å². The van der Waals surface area contributed by atoms with Gasteiger partial charge in [0.05, 0.1) is 16.7 Å². The molecule has 0 unspecified atom stereocenters. The van der Waals surface area contributed by atoms with Gasteiger partial charge in [-0.25, -0.2) is 0 Å². The summed E-state index contributed by atoms with van der Waals surface area (Å²) in [7, 11) is 0. The monoisotopic (exact) mass is 408 g/mol. The smallest absolute Gasteiger partial charge is 0.348 e. The maximum Gasteiger partial charge on any atom is 0.417 e. The molecular weight excluding hydrogens is 386 g/mol. The van der Waals surface area contributed by atoms with Gasteiger partial charge in [-0.15, -0.1) is 0 Å². The zero-order valence-electron chi connectivity index (χ0n) is 15.2. The Hall–Kier alpha value is -1.77. The number of carbonyl (C=O) groups is 1. The number of rotatable bonds is 3. The maximum absolute atomic E-state index is 13.3. The molecule has 9 heteroatoms. The number of halogens is 6. The summed E-state index contributed by atoms with van der Waals surface area (Å²) in [5.41, 5.74) is -3.76. The molecule has 2 aliphatic rings. The van der Waals surface area contributed by atoms with Crippen LogP contribution in [0.2, 0.25) is 0 Å². The van der Waals surface area contributed by atoms with Gasteiger partial charge >= 0.3 is 12.4 Å². The van der Waals surface area contributed by atoms with Crippen LogP contribution in [0.15, 0.2) is 18.2 Å². The standard InChI is InChI=1S/C19H22F6N2O/c20-18(21,22)12-7-8-13(14(11-12)19(23,24)25)17(28)26-15-5-1-2-6-16(15)27-9-3-4-10-27/h7-8,11,15-16H,1-6,9-10H2,(H,26,28)/t15-,16+/m1/s1. The maximum atomic E-state index is 13.3. The van der Waals surface area contributed by atoms with E-state index >= 15 is 0 Å². The van der Waals surface area contributed by atoms with Crippen molar-refractivity contribution in [2.24, 2.45) is 0 Å². The molecule has 1 heterocycles. The molecule has 1 N–H and O–H groups in total. The fraction of sp³-hybridized carbons (Fsp3) is 0.632. The number of amides is 1. The van der Waals surface area contributed by atoms with Crippen molar-refractivity contribution in [3.63, 3.8) is 0 Å². The van der Waals surface area contributed by atoms with E-state index in [0.717, 1.165) is 45.2 Å². The van der Waals surface area contributed by atoms with E-state index in [1.165, 1.54) is 0 Å². The third kappa shape index (κ3) is 4.61. The molecule has 1 aromatic carbocycles. The van der Waals surface area contributed by atoms with Crippen LogP contribution >= 0.6 is 0 Å². The molecule has 1 amide bonds. The van der Waals surface area contributed by atoms with E-state index in [0.29, 0.717) is 18.6 Å². The molecule has 156 valence electrons. The third-order valence-corrected chi connectivity index (χ3v) is 5.55. The van der Waals surface area contributed by atoms with Crippen LogP contribution in [-0.2, 0) is 12.4 Å². The van der Waals surface area contributed by atoms with Gasteiger partial charge in [-0.2, -0.15) is 26.3 Å². The Balaban J connectivity index is 1.84. The summed E-state index contributed by atoms with van der Waals surface area (Å²) in [5.74, 6) is -0.975. The van der Waals surface area contributed by atoms with Crippen LogP contribution in [0.4, 0.5) is 26.3 Å². The van der Waals surface area contributed by atoms with Gasteiger partial charge in [0.15, 0.2) is 0 Å². The van der Waals surface area contributed by atoms with Crippen LogP contribution in [0.3, 0.4) is 0 Å². The second kappa shape index (κ2) is 7.93. The van der Waals surface area contributed by atoms with E-state index in [-0.39, 0.29) is 18.2 Å². The highest BCUT2D eigenvalue weighted by atomic mass is 19.4. The Morgan fingerprint density at radius 2 is 1.57 bits per heavy atom. The lowest BCUT2D eigenvalue weighted by Crippen LogP contribution is -2.52. The minimum absolute atomic E-state index is 0.00768. The molecule has 0 bridgehead atoms. The molecule has 1 saturated heterocycles. The van der Waals surface area contributed by atoms with Crippen molar-refractivity contribution >= 4 is 5.91 Å². The molecule has 0 aromatic heterocycles. The first-order valence-corrected chi connectivity index (χ1v) is 9.41. The highest BCUT2D eigenvalue weighted by Crippen LogP contribution is 2.37. The molecule has 1 saturated carbocycles. The van der Waals surface area contributed by atoms with E-state index in [1.54, 1.807) is 0 Å². The van der Waals surface area contributed by atoms with Crippen molar-refractivity contribution < 1.29 is 31.1 Å². The molecule has 3 rings (SSSR count). The zero-order chi connectivity index (χ0) is 20.5. The van der Waals surface area contributed by atoms with Crippen LogP contribution in [0.5, 0.6) is 0 Å². The van der Waals surface area contributed by atoms with Crippen molar-refractivity contribution in [3.8, 4) is 0 Å². The topological polar surface area (TPSA) is 32.3 Å². The number of carbonyl (C=O) groups excluding carboxylic acids is 1. The Morgan fingerprint density at radius 3 is 2.18 bits per heavy atom. The largest absolute Gasteiger partial charge is 0.417 e. The SMILES string of the molecule is O=C(N[C@@H]1CCCC[C@@H]1N1CCCC1)c1ccc(C(F)(F)F)cc1C(F)(F)F. The van der Waals surface area contributed by atoms with Gasteiger partial charge in [0.1, 0.15) is 0 Å². The van der Waals surface area contributed by atoms with Crippen molar-refractivity contribution in [2.75, 3.05) is 13.1 Å². The number of hydrogen-bond donors (Lipinski definition) is 1. The summed E-state index contributed by atoms with van der Waals surface area (Å²) in [6.07, 6.45) is -4.54. The van der Waals surface area contributed by atoms with Gasteiger partial charge in [0.2, 0.25) is 0 Å². The summed E-state index contributed by atoms with van der Waals surface area (Å²) in [4.78, 5) is 14.8. The summed E-state index contributed by atoms with van der Waals surface area (Å²) >= 11 is 0. The Kier molecular flexibility index (Phi) is 5.93. The van der Waals surface area contributed by atoms with E-state index in [4.69, 9.17) is 0 Å². The molecule has 2 fully saturated rings. The van der Waals surface area contributed by atoms with Gasteiger partial charge < -0.3 is 5.32 Å². The molecule has 2 atom stereocenters. The summed E-state index contributed by atoms with van der Waals surface area (Å²) < 4.78 is 78.4. The minimum atomic E-state index is -5.06. The summed E-state index contributed by atoms with van der Waals surface area (Å²) in [6, 6.07) is 0.900. The second-order valence-electron chi connectivity index (χ2n) is 7.43.